The second-order valence-corrected chi connectivity index (χ2v) is 13.0. The zero-order valence-corrected chi connectivity index (χ0v) is 20.1. The monoisotopic (exact) mass is 430 g/mol. The molecule has 9 atom stereocenters. The molecule has 172 valence electrons. The Kier molecular flexibility index (Phi) is 3.80. The van der Waals surface area contributed by atoms with Crippen LogP contribution < -0.4 is 0 Å². The lowest BCUT2D eigenvalue weighted by atomic mass is 9.38. The van der Waals surface area contributed by atoms with Gasteiger partial charge in [0.2, 0.25) is 0 Å². The summed E-state index contributed by atoms with van der Waals surface area (Å²) in [5.41, 5.74) is -0.00201. The number of carbonyl (C=O) groups is 1. The van der Waals surface area contributed by atoms with E-state index < -0.39 is 17.0 Å². The number of hydrogen-bond acceptors (Lipinski definition) is 5. The van der Waals surface area contributed by atoms with E-state index in [1.54, 1.807) is 0 Å². The van der Waals surface area contributed by atoms with Gasteiger partial charge in [0.1, 0.15) is 0 Å². The van der Waals surface area contributed by atoms with Crippen molar-refractivity contribution >= 4 is 5.78 Å². The Bertz CT molecular complexity index is 873. The van der Waals surface area contributed by atoms with Crippen molar-refractivity contribution in [1.82, 2.24) is 0 Å². The first-order valence-electron chi connectivity index (χ1n) is 12.2. The molecule has 6 fully saturated rings. The van der Waals surface area contributed by atoms with Gasteiger partial charge in [0, 0.05) is 11.3 Å². The van der Waals surface area contributed by atoms with Gasteiger partial charge in [-0.1, -0.05) is 27.4 Å². The normalized spacial score (nSPS) is 55.4. The fourth-order valence-electron chi connectivity index (χ4n) is 9.38. The van der Waals surface area contributed by atoms with E-state index in [2.05, 4.69) is 27.4 Å². The molecule has 31 heavy (non-hydrogen) atoms. The zero-order valence-electron chi connectivity index (χ0n) is 20.1. The van der Waals surface area contributed by atoms with Crippen LogP contribution in [0.1, 0.15) is 74.1 Å². The molecule has 2 bridgehead atoms. The number of Topliss-reactive ketones (excluding diaryl/α,β-unsaturated/α-hetero) is 1. The zero-order chi connectivity index (χ0) is 22.4. The maximum absolute atomic E-state index is 14.0. The summed E-state index contributed by atoms with van der Waals surface area (Å²) in [4.78, 5) is 14.0. The van der Waals surface area contributed by atoms with Gasteiger partial charge in [-0.2, -0.15) is 0 Å². The minimum atomic E-state index is -0.687. The Morgan fingerprint density at radius 1 is 0.839 bits per heavy atom. The van der Waals surface area contributed by atoms with E-state index in [-0.39, 0.29) is 52.9 Å². The van der Waals surface area contributed by atoms with Crippen LogP contribution >= 0.6 is 0 Å². The SMILES string of the molecule is C=C1C(=O)[C@@]23[C@@H]4OC(C)(C)O[C@@H]2C[C@@H]2C(C)(C)C[C@H]5OC(C)(C)O[C@@H]5[C@@]2(C)[C@@H]3CC[C@@H]14. The van der Waals surface area contributed by atoms with Crippen LogP contribution in [-0.2, 0) is 23.7 Å². The van der Waals surface area contributed by atoms with Gasteiger partial charge in [0.15, 0.2) is 17.4 Å². The van der Waals surface area contributed by atoms with Gasteiger partial charge in [-0.15, -0.1) is 0 Å². The predicted octanol–water partition coefficient (Wildman–Crippen LogP) is 4.63. The lowest BCUT2D eigenvalue weighted by molar-refractivity contribution is -0.385. The largest absolute Gasteiger partial charge is 0.346 e. The summed E-state index contributed by atoms with van der Waals surface area (Å²) < 4.78 is 26.3. The Morgan fingerprint density at radius 3 is 2.19 bits per heavy atom. The highest BCUT2D eigenvalue weighted by Crippen LogP contribution is 2.74. The highest BCUT2D eigenvalue weighted by molar-refractivity contribution is 6.04. The number of ketones is 1. The summed E-state index contributed by atoms with van der Waals surface area (Å²) in [6, 6.07) is 0. The highest BCUT2D eigenvalue weighted by Gasteiger charge is 2.79. The summed E-state index contributed by atoms with van der Waals surface area (Å²) in [6.45, 7) is 19.5. The summed E-state index contributed by atoms with van der Waals surface area (Å²) in [5, 5.41) is 0. The molecule has 0 unspecified atom stereocenters. The topological polar surface area (TPSA) is 54.0 Å². The Balaban J connectivity index is 1.56. The van der Waals surface area contributed by atoms with Gasteiger partial charge >= 0.3 is 0 Å². The third-order valence-electron chi connectivity index (χ3n) is 10.1. The second-order valence-electron chi connectivity index (χ2n) is 13.0. The van der Waals surface area contributed by atoms with Crippen LogP contribution in [0.15, 0.2) is 12.2 Å². The fraction of sp³-hybridized carbons (Fsp3) is 0.885. The van der Waals surface area contributed by atoms with Crippen molar-refractivity contribution in [3.63, 3.8) is 0 Å². The van der Waals surface area contributed by atoms with Gasteiger partial charge in [0.25, 0.3) is 0 Å². The molecule has 2 aliphatic heterocycles. The second kappa shape index (κ2) is 5.65. The Morgan fingerprint density at radius 2 is 1.48 bits per heavy atom. The average molecular weight is 431 g/mol. The molecule has 0 radical (unpaired) electrons. The van der Waals surface area contributed by atoms with Crippen LogP contribution in [0, 0.1) is 34.0 Å². The van der Waals surface area contributed by atoms with Crippen LogP contribution in [0.25, 0.3) is 0 Å². The summed E-state index contributed by atoms with van der Waals surface area (Å²) >= 11 is 0. The average Bonchev–Trinajstić information content (AvgIpc) is 3.00. The van der Waals surface area contributed by atoms with Crippen LogP contribution in [0.4, 0.5) is 0 Å². The van der Waals surface area contributed by atoms with E-state index in [4.69, 9.17) is 18.9 Å². The summed E-state index contributed by atoms with van der Waals surface area (Å²) in [7, 11) is 0. The van der Waals surface area contributed by atoms with Gasteiger partial charge in [-0.3, -0.25) is 4.79 Å². The summed E-state index contributed by atoms with van der Waals surface area (Å²) in [5.74, 6) is -0.459. The van der Waals surface area contributed by atoms with E-state index in [1.807, 2.05) is 27.7 Å². The van der Waals surface area contributed by atoms with E-state index in [1.165, 1.54) is 0 Å². The van der Waals surface area contributed by atoms with E-state index in [0.29, 0.717) is 5.92 Å². The van der Waals surface area contributed by atoms with Gasteiger partial charge < -0.3 is 18.9 Å². The number of ether oxygens (including phenoxy) is 4. The van der Waals surface area contributed by atoms with E-state index in [0.717, 1.165) is 31.3 Å². The molecule has 0 aromatic heterocycles. The quantitative estimate of drug-likeness (QED) is 0.524. The minimum absolute atomic E-state index is 0.0188. The van der Waals surface area contributed by atoms with Gasteiger partial charge in [-0.05, 0) is 76.2 Å². The summed E-state index contributed by atoms with van der Waals surface area (Å²) in [6.07, 6.45) is 3.54. The van der Waals surface area contributed by atoms with Crippen LogP contribution in [0.5, 0.6) is 0 Å². The van der Waals surface area contributed by atoms with Crippen molar-refractivity contribution in [1.29, 1.82) is 0 Å². The van der Waals surface area contributed by atoms with Crippen molar-refractivity contribution in [2.45, 2.75) is 110 Å². The molecule has 0 N–H and O–H groups in total. The van der Waals surface area contributed by atoms with E-state index in [9.17, 15) is 4.79 Å². The van der Waals surface area contributed by atoms with Gasteiger partial charge in [0.05, 0.1) is 29.8 Å². The van der Waals surface area contributed by atoms with E-state index >= 15 is 0 Å². The van der Waals surface area contributed by atoms with Crippen molar-refractivity contribution < 1.29 is 23.7 Å². The molecule has 0 aromatic carbocycles. The molecular weight excluding hydrogens is 392 g/mol. The van der Waals surface area contributed by atoms with Gasteiger partial charge in [-0.25, -0.2) is 0 Å². The number of hydrogen-bond donors (Lipinski definition) is 0. The molecule has 5 heteroatoms. The number of fused-ring (bicyclic) bond motifs is 4. The molecule has 5 nitrogen and oxygen atoms in total. The maximum atomic E-state index is 14.0. The standard InChI is InChI=1S/C26H38O5/c1-13-14-9-10-16-25(8)17(22(2,3)12-15-21(25)31-23(4,5)28-15)11-18-26(16,19(13)27)20(14)30-24(6,7)29-18/h14-18,20-21H,1,9-12H2,2-8H3/t14-,15+,16-,17+,18+,20+,21-,25-,26-/m0/s1. The molecular formula is C26H38O5. The first-order valence-corrected chi connectivity index (χ1v) is 12.2. The van der Waals surface area contributed by atoms with Crippen LogP contribution in [0.2, 0.25) is 0 Å². The van der Waals surface area contributed by atoms with Crippen LogP contribution in [-0.4, -0.2) is 41.8 Å². The molecule has 4 saturated carbocycles. The smallest absolute Gasteiger partial charge is 0.170 e. The lowest BCUT2D eigenvalue weighted by Crippen LogP contribution is -2.74. The predicted molar refractivity (Wildman–Crippen MR) is 115 cm³/mol. The molecule has 1 spiro atoms. The third-order valence-corrected chi connectivity index (χ3v) is 10.1. The molecule has 6 rings (SSSR count). The van der Waals surface area contributed by atoms with Crippen molar-refractivity contribution in [2.24, 2.45) is 34.0 Å². The molecule has 4 aliphatic carbocycles. The third kappa shape index (κ3) is 2.30. The Labute approximate surface area is 186 Å². The molecule has 0 amide bonds. The molecule has 2 saturated heterocycles. The molecule has 6 aliphatic rings. The van der Waals surface area contributed by atoms with Crippen molar-refractivity contribution in [3.05, 3.63) is 12.2 Å². The fourth-order valence-corrected chi connectivity index (χ4v) is 9.38. The lowest BCUT2D eigenvalue weighted by Gasteiger charge is -2.69. The first-order chi connectivity index (χ1) is 14.2. The molecule has 2 heterocycles. The first kappa shape index (κ1) is 20.8. The van der Waals surface area contributed by atoms with Crippen molar-refractivity contribution in [3.8, 4) is 0 Å². The maximum Gasteiger partial charge on any atom is 0.170 e. The van der Waals surface area contributed by atoms with Crippen molar-refractivity contribution in [2.75, 3.05) is 0 Å². The number of rotatable bonds is 0. The Hall–Kier alpha value is -0.750. The van der Waals surface area contributed by atoms with Crippen LogP contribution in [0.3, 0.4) is 0 Å². The molecule has 0 aromatic rings. The number of carbonyl (C=O) groups excluding carboxylic acids is 1. The minimum Gasteiger partial charge on any atom is -0.346 e. The highest BCUT2D eigenvalue weighted by atomic mass is 16.8.